The topological polar surface area (TPSA) is 63.1 Å². The predicted molar refractivity (Wildman–Crippen MR) is 41.7 cm³/mol. The quantitative estimate of drug-likeness (QED) is 0.754. The lowest BCUT2D eigenvalue weighted by molar-refractivity contribution is 0.0695. The number of nitrogens with zero attached hydrogens (tertiary/aromatic N) is 2. The molecular formula is C5H2BrClN2O2. The van der Waals surface area contributed by atoms with E-state index in [0.717, 1.165) is 0 Å². The van der Waals surface area contributed by atoms with Gasteiger partial charge in [0.2, 0.25) is 0 Å². The summed E-state index contributed by atoms with van der Waals surface area (Å²) < 4.78 is 0.185. The number of rotatable bonds is 1. The minimum absolute atomic E-state index is 0.0700. The van der Waals surface area contributed by atoms with Crippen LogP contribution in [-0.4, -0.2) is 21.0 Å². The number of hydrogen-bond acceptors (Lipinski definition) is 3. The fourth-order valence-corrected chi connectivity index (χ4v) is 1.30. The minimum atomic E-state index is -1.15. The molecule has 0 aliphatic carbocycles. The van der Waals surface area contributed by atoms with Gasteiger partial charge in [0, 0.05) is 0 Å². The number of halogens is 2. The number of aromatic carboxylic acids is 1. The van der Waals surface area contributed by atoms with E-state index in [1.165, 1.54) is 6.33 Å². The van der Waals surface area contributed by atoms with Gasteiger partial charge in [0.05, 0.1) is 0 Å². The Morgan fingerprint density at radius 1 is 1.64 bits per heavy atom. The Bertz CT molecular complexity index is 284. The molecule has 1 rings (SSSR count). The molecule has 1 aromatic rings. The summed E-state index contributed by atoms with van der Waals surface area (Å²) in [6, 6.07) is 0. The Hall–Kier alpha value is -0.680. The van der Waals surface area contributed by atoms with Crippen molar-refractivity contribution in [2.24, 2.45) is 0 Å². The standard InChI is InChI=1S/C5H2BrClN2O2/c6-3-2(5(10)11)4(7)9-1-8-3/h1H,(H,10,11). The first-order valence-electron chi connectivity index (χ1n) is 2.52. The predicted octanol–water partition coefficient (Wildman–Crippen LogP) is 1.59. The van der Waals surface area contributed by atoms with Gasteiger partial charge in [-0.25, -0.2) is 14.8 Å². The number of carboxylic acids is 1. The molecule has 0 unspecified atom stereocenters. The highest BCUT2D eigenvalue weighted by Gasteiger charge is 2.14. The minimum Gasteiger partial charge on any atom is -0.477 e. The van der Waals surface area contributed by atoms with E-state index in [1.54, 1.807) is 0 Å². The molecule has 1 N–H and O–H groups in total. The first kappa shape index (κ1) is 8.42. The molecule has 1 heterocycles. The molecule has 0 spiro atoms. The molecule has 0 aliphatic rings. The van der Waals surface area contributed by atoms with Crippen molar-refractivity contribution < 1.29 is 9.90 Å². The summed E-state index contributed by atoms with van der Waals surface area (Å²) in [5.74, 6) is -1.15. The Balaban J connectivity index is 3.32. The van der Waals surface area contributed by atoms with Crippen molar-refractivity contribution >= 4 is 33.5 Å². The van der Waals surface area contributed by atoms with E-state index < -0.39 is 5.97 Å². The summed E-state index contributed by atoms with van der Waals surface area (Å²) in [5, 5.41) is 8.48. The number of carboxylic acid groups (broad SMARTS) is 1. The van der Waals surface area contributed by atoms with Gasteiger partial charge < -0.3 is 5.11 Å². The molecule has 0 atom stereocenters. The third-order valence-electron chi connectivity index (χ3n) is 0.969. The normalized spacial score (nSPS) is 9.64. The largest absolute Gasteiger partial charge is 0.477 e. The molecule has 0 saturated carbocycles. The number of carbonyl (C=O) groups is 1. The van der Waals surface area contributed by atoms with E-state index >= 15 is 0 Å². The third kappa shape index (κ3) is 1.66. The smallest absolute Gasteiger partial charge is 0.341 e. The zero-order chi connectivity index (χ0) is 8.43. The molecule has 1 aromatic heterocycles. The summed E-state index contributed by atoms with van der Waals surface area (Å²) in [6.45, 7) is 0. The second kappa shape index (κ2) is 3.15. The SMILES string of the molecule is O=C(O)c1c(Cl)ncnc1Br. The summed E-state index contributed by atoms with van der Waals surface area (Å²) in [7, 11) is 0. The maximum absolute atomic E-state index is 10.4. The highest BCUT2D eigenvalue weighted by molar-refractivity contribution is 9.10. The van der Waals surface area contributed by atoms with Crippen molar-refractivity contribution in [3.63, 3.8) is 0 Å². The molecule has 0 radical (unpaired) electrons. The first-order chi connectivity index (χ1) is 5.13. The zero-order valence-electron chi connectivity index (χ0n) is 5.08. The van der Waals surface area contributed by atoms with Gasteiger partial charge in [-0.05, 0) is 15.9 Å². The monoisotopic (exact) mass is 236 g/mol. The van der Waals surface area contributed by atoms with E-state index in [4.69, 9.17) is 16.7 Å². The van der Waals surface area contributed by atoms with Gasteiger partial charge >= 0.3 is 5.97 Å². The van der Waals surface area contributed by atoms with Crippen molar-refractivity contribution in [2.75, 3.05) is 0 Å². The molecule has 0 fully saturated rings. The van der Waals surface area contributed by atoms with Crippen LogP contribution in [0.4, 0.5) is 0 Å². The molecule has 0 aromatic carbocycles. The Morgan fingerprint density at radius 3 is 2.64 bits per heavy atom. The lowest BCUT2D eigenvalue weighted by Gasteiger charge is -1.97. The van der Waals surface area contributed by atoms with Gasteiger partial charge in [-0.2, -0.15) is 0 Å². The molecule has 0 amide bonds. The van der Waals surface area contributed by atoms with Gasteiger partial charge in [-0.15, -0.1) is 0 Å². The second-order valence-corrected chi connectivity index (χ2v) is 2.74. The van der Waals surface area contributed by atoms with E-state index in [1.807, 2.05) is 0 Å². The van der Waals surface area contributed by atoms with Crippen LogP contribution in [0.1, 0.15) is 10.4 Å². The molecule has 6 heteroatoms. The fraction of sp³-hybridized carbons (Fsp3) is 0. The van der Waals surface area contributed by atoms with Gasteiger partial charge in [0.25, 0.3) is 0 Å². The Morgan fingerprint density at radius 2 is 2.27 bits per heavy atom. The van der Waals surface area contributed by atoms with Crippen molar-refractivity contribution in [1.82, 2.24) is 9.97 Å². The summed E-state index contributed by atoms with van der Waals surface area (Å²) >= 11 is 8.39. The van der Waals surface area contributed by atoms with Crippen LogP contribution in [0, 0.1) is 0 Å². The van der Waals surface area contributed by atoms with Crippen LogP contribution in [0.2, 0.25) is 5.15 Å². The van der Waals surface area contributed by atoms with E-state index in [0.29, 0.717) is 0 Å². The van der Waals surface area contributed by atoms with Crippen molar-refractivity contribution in [2.45, 2.75) is 0 Å². The summed E-state index contributed by atoms with van der Waals surface area (Å²) in [4.78, 5) is 17.6. The number of aromatic nitrogens is 2. The van der Waals surface area contributed by atoms with Crippen LogP contribution in [-0.2, 0) is 0 Å². The first-order valence-corrected chi connectivity index (χ1v) is 3.69. The van der Waals surface area contributed by atoms with E-state index in [-0.39, 0.29) is 15.3 Å². The van der Waals surface area contributed by atoms with Gasteiger partial charge in [0.1, 0.15) is 21.6 Å². The van der Waals surface area contributed by atoms with Gasteiger partial charge in [-0.1, -0.05) is 11.6 Å². The molecule has 0 bridgehead atoms. The van der Waals surface area contributed by atoms with Crippen molar-refractivity contribution in [1.29, 1.82) is 0 Å². The second-order valence-electron chi connectivity index (χ2n) is 1.64. The highest BCUT2D eigenvalue weighted by atomic mass is 79.9. The highest BCUT2D eigenvalue weighted by Crippen LogP contribution is 2.19. The average molecular weight is 237 g/mol. The fourth-order valence-electron chi connectivity index (χ4n) is 0.521. The Kier molecular flexibility index (Phi) is 2.41. The van der Waals surface area contributed by atoms with Crippen molar-refractivity contribution in [3.8, 4) is 0 Å². The third-order valence-corrected chi connectivity index (χ3v) is 1.86. The van der Waals surface area contributed by atoms with Crippen molar-refractivity contribution in [3.05, 3.63) is 21.6 Å². The molecule has 0 saturated heterocycles. The lowest BCUT2D eigenvalue weighted by atomic mass is 10.3. The molecule has 11 heavy (non-hydrogen) atoms. The van der Waals surface area contributed by atoms with Crippen LogP contribution in [0.25, 0.3) is 0 Å². The lowest BCUT2D eigenvalue weighted by Crippen LogP contribution is -2.01. The van der Waals surface area contributed by atoms with Crippen LogP contribution in [0.15, 0.2) is 10.9 Å². The van der Waals surface area contributed by atoms with Crippen LogP contribution < -0.4 is 0 Å². The van der Waals surface area contributed by atoms with Crippen LogP contribution in [0.3, 0.4) is 0 Å². The van der Waals surface area contributed by atoms with Crippen LogP contribution in [0.5, 0.6) is 0 Å². The van der Waals surface area contributed by atoms with Crippen LogP contribution >= 0.6 is 27.5 Å². The summed E-state index contributed by atoms with van der Waals surface area (Å²) in [5.41, 5.74) is -0.117. The van der Waals surface area contributed by atoms with E-state index in [2.05, 4.69) is 25.9 Å². The summed E-state index contributed by atoms with van der Waals surface area (Å²) in [6.07, 6.45) is 1.18. The molecule has 4 nitrogen and oxygen atoms in total. The maximum Gasteiger partial charge on any atom is 0.341 e. The Labute approximate surface area is 75.4 Å². The number of hydrogen-bond donors (Lipinski definition) is 1. The van der Waals surface area contributed by atoms with E-state index in [9.17, 15) is 4.79 Å². The average Bonchev–Trinajstić information content (AvgIpc) is 1.85. The maximum atomic E-state index is 10.4. The molecule has 0 aliphatic heterocycles. The van der Waals surface area contributed by atoms with Gasteiger partial charge in [0.15, 0.2) is 0 Å². The van der Waals surface area contributed by atoms with Gasteiger partial charge in [-0.3, -0.25) is 0 Å². The molecule has 58 valence electrons. The molecular weight excluding hydrogens is 235 g/mol. The zero-order valence-corrected chi connectivity index (χ0v) is 7.43.